The lowest BCUT2D eigenvalue weighted by Crippen LogP contribution is -2.16. The van der Waals surface area contributed by atoms with Crippen LogP contribution in [0.2, 0.25) is 0 Å². The summed E-state index contributed by atoms with van der Waals surface area (Å²) < 4.78 is 9.83. The maximum atomic E-state index is 9.83. The van der Waals surface area contributed by atoms with Gasteiger partial charge in [0.2, 0.25) is 0 Å². The Kier molecular flexibility index (Phi) is 1.82. The Balaban J connectivity index is 1.88. The minimum atomic E-state index is -0.171. The van der Waals surface area contributed by atoms with Crippen LogP contribution < -0.4 is 5.32 Å². The minimum Gasteiger partial charge on any atom is -0.304 e. The average molecular weight is 120 g/mol. The van der Waals surface area contributed by atoms with E-state index in [2.05, 4.69) is 5.32 Å². The normalized spacial score (nSPS) is 21.7. The Morgan fingerprint density at radius 2 is 2.43 bits per heavy atom. The monoisotopic (exact) mass is 120 g/mol. The van der Waals surface area contributed by atoms with Crippen LogP contribution in [0.1, 0.15) is 12.8 Å². The van der Waals surface area contributed by atoms with E-state index >= 15 is 0 Å². The smallest absolute Gasteiger partial charge is 0.0563 e. The van der Waals surface area contributed by atoms with Crippen LogP contribution in [0.4, 0.5) is 0 Å². The molecular weight excluding hydrogens is 110 g/mol. The van der Waals surface area contributed by atoms with E-state index in [1.54, 1.807) is 0 Å². The maximum Gasteiger partial charge on any atom is 0.0563 e. The highest BCUT2D eigenvalue weighted by molar-refractivity contribution is 7.65. The molecule has 1 fully saturated rings. The van der Waals surface area contributed by atoms with Crippen molar-refractivity contribution in [3.8, 4) is 0 Å². The molecule has 2 nitrogen and oxygen atoms in total. The van der Waals surface area contributed by atoms with Gasteiger partial charge in [-0.25, -0.2) is 0 Å². The van der Waals surface area contributed by atoms with Gasteiger partial charge in [-0.3, -0.25) is 4.21 Å². The lowest BCUT2D eigenvalue weighted by Gasteiger charge is -1.90. The summed E-state index contributed by atoms with van der Waals surface area (Å²) in [5, 5.41) is 3.11. The van der Waals surface area contributed by atoms with E-state index in [0.29, 0.717) is 11.9 Å². The molecule has 1 rings (SSSR count). The Hall–Kier alpha value is 0.110. The number of nitrogens with one attached hydrogen (secondary N) is 1. The fraction of sp³-hybridized carbons (Fsp3) is 1.00. The molecule has 0 aromatic rings. The molecule has 1 N–H and O–H groups in total. The molecule has 1 saturated carbocycles. The summed E-state index contributed by atoms with van der Waals surface area (Å²) in [6.45, 7) is 0. The van der Waals surface area contributed by atoms with Gasteiger partial charge in [0.05, 0.1) is 5.88 Å². The van der Waals surface area contributed by atoms with Crippen molar-refractivity contribution < 1.29 is 4.21 Å². The molecule has 1 aliphatic rings. The zero-order valence-electron chi connectivity index (χ0n) is 4.11. The molecule has 0 aromatic carbocycles. The van der Waals surface area contributed by atoms with Crippen LogP contribution in [-0.2, 0) is 11.7 Å². The van der Waals surface area contributed by atoms with Crippen LogP contribution in [0.15, 0.2) is 0 Å². The predicted octanol–water partition coefficient (Wildman–Crippen LogP) is -0.627. The lowest BCUT2D eigenvalue weighted by molar-refractivity contribution is 0.683. The van der Waals surface area contributed by atoms with Crippen molar-refractivity contribution in [3.05, 3.63) is 0 Å². The van der Waals surface area contributed by atoms with Gasteiger partial charge in [0.1, 0.15) is 0 Å². The Bertz CT molecular complexity index is 72.1. The fourth-order valence-corrected chi connectivity index (χ4v) is 0.845. The van der Waals surface area contributed by atoms with Crippen LogP contribution in [0.25, 0.3) is 0 Å². The molecular formula is C4H10NOS. The quantitative estimate of drug-likeness (QED) is 0.537. The molecule has 1 radical (unpaired) electrons. The van der Waals surface area contributed by atoms with Gasteiger partial charge in [0.25, 0.3) is 0 Å². The molecule has 0 spiro atoms. The largest absolute Gasteiger partial charge is 0.304 e. The van der Waals surface area contributed by atoms with E-state index < -0.39 is 0 Å². The number of rotatable bonds is 3. The van der Waals surface area contributed by atoms with E-state index in [0.717, 1.165) is 0 Å². The van der Waals surface area contributed by atoms with Crippen molar-refractivity contribution in [1.29, 1.82) is 0 Å². The minimum absolute atomic E-state index is 0.171. The van der Waals surface area contributed by atoms with Crippen molar-refractivity contribution in [2.45, 2.75) is 18.9 Å². The Morgan fingerprint density at radius 3 is 2.86 bits per heavy atom. The topological polar surface area (TPSA) is 29.1 Å². The van der Waals surface area contributed by atoms with Gasteiger partial charge in [-0.2, -0.15) is 0 Å². The van der Waals surface area contributed by atoms with Gasteiger partial charge in [0.15, 0.2) is 0 Å². The van der Waals surface area contributed by atoms with E-state index in [4.69, 9.17) is 0 Å². The molecule has 0 amide bonds. The highest BCUT2D eigenvalue weighted by Crippen LogP contribution is 2.17. The predicted molar refractivity (Wildman–Crippen MR) is 32.0 cm³/mol. The third kappa shape index (κ3) is 2.04. The first kappa shape index (κ1) is 5.25. The molecule has 0 aromatic heterocycles. The van der Waals surface area contributed by atoms with E-state index in [-0.39, 0.29) is 11.7 Å². The zero-order chi connectivity index (χ0) is 5.11. The lowest BCUT2D eigenvalue weighted by atomic mass is 10.7. The molecule has 1 aliphatic carbocycles. The van der Waals surface area contributed by atoms with Crippen molar-refractivity contribution in [2.75, 3.05) is 5.88 Å². The van der Waals surface area contributed by atoms with E-state index in [1.807, 2.05) is 0 Å². The molecule has 7 heavy (non-hydrogen) atoms. The fourth-order valence-electron chi connectivity index (χ4n) is 0.473. The first-order valence-corrected chi connectivity index (χ1v) is 3.63. The van der Waals surface area contributed by atoms with Crippen LogP contribution >= 0.6 is 0 Å². The van der Waals surface area contributed by atoms with Crippen molar-refractivity contribution in [3.63, 3.8) is 0 Å². The van der Waals surface area contributed by atoms with Crippen molar-refractivity contribution in [1.82, 2.24) is 5.32 Å². The highest BCUT2D eigenvalue weighted by Gasteiger charge is 2.18. The molecule has 0 unspecified atom stereocenters. The van der Waals surface area contributed by atoms with Crippen molar-refractivity contribution in [2.24, 2.45) is 0 Å². The summed E-state index contributed by atoms with van der Waals surface area (Å²) in [7, 11) is 0. The second-order valence-electron chi connectivity index (χ2n) is 1.80. The maximum absolute atomic E-state index is 9.83. The number of hydrogen-bond acceptors (Lipinski definition) is 2. The standard InChI is InChI=1S/C4H10NOS/c6-7-3-5-4-1-2-4/h4-5H,1-3,7H2. The summed E-state index contributed by atoms with van der Waals surface area (Å²) in [4.78, 5) is 0. The van der Waals surface area contributed by atoms with Crippen LogP contribution in [0, 0.1) is 0 Å². The summed E-state index contributed by atoms with van der Waals surface area (Å²) in [6, 6.07) is 0.710. The molecule has 0 heterocycles. The Morgan fingerprint density at radius 1 is 1.71 bits per heavy atom. The van der Waals surface area contributed by atoms with Gasteiger partial charge in [-0.15, -0.1) is 0 Å². The second kappa shape index (κ2) is 2.43. The van der Waals surface area contributed by atoms with E-state index in [9.17, 15) is 4.21 Å². The first-order valence-electron chi connectivity index (χ1n) is 2.52. The second-order valence-corrected chi connectivity index (χ2v) is 2.44. The SMILES string of the molecule is O=[SH2]CNC1CC1. The van der Waals surface area contributed by atoms with Gasteiger partial charge >= 0.3 is 0 Å². The number of hydrogen-bond donors (Lipinski definition) is 1. The van der Waals surface area contributed by atoms with E-state index in [1.165, 1.54) is 12.8 Å². The molecule has 0 aliphatic heterocycles. The molecule has 43 valence electrons. The van der Waals surface area contributed by atoms with Crippen LogP contribution in [0.5, 0.6) is 0 Å². The van der Waals surface area contributed by atoms with Crippen LogP contribution in [-0.4, -0.2) is 16.1 Å². The van der Waals surface area contributed by atoms with Crippen LogP contribution in [0.3, 0.4) is 0 Å². The zero-order valence-corrected chi connectivity index (χ0v) is 5.11. The molecule has 0 bridgehead atoms. The van der Waals surface area contributed by atoms with Crippen molar-refractivity contribution >= 4 is 11.7 Å². The summed E-state index contributed by atoms with van der Waals surface area (Å²) >= 11 is -0.171. The van der Waals surface area contributed by atoms with Gasteiger partial charge in [0, 0.05) is 6.04 Å². The summed E-state index contributed by atoms with van der Waals surface area (Å²) in [6.07, 6.45) is 2.56. The third-order valence-electron chi connectivity index (χ3n) is 1.04. The Labute approximate surface area is 46.8 Å². The summed E-state index contributed by atoms with van der Waals surface area (Å²) in [5.41, 5.74) is 0. The molecule has 0 saturated heterocycles. The summed E-state index contributed by atoms with van der Waals surface area (Å²) in [5.74, 6) is 0.685. The molecule has 0 atom stereocenters. The van der Waals surface area contributed by atoms with Gasteiger partial charge < -0.3 is 5.32 Å². The van der Waals surface area contributed by atoms with Gasteiger partial charge in [-0.05, 0) is 12.8 Å². The first-order chi connectivity index (χ1) is 3.43. The third-order valence-corrected chi connectivity index (χ3v) is 1.39. The molecule has 3 heteroatoms. The average Bonchev–Trinajstić information content (AvgIpc) is 2.42. The highest BCUT2D eigenvalue weighted by atomic mass is 32.1. The van der Waals surface area contributed by atoms with Gasteiger partial charge in [-0.1, -0.05) is 11.7 Å².